The maximum absolute atomic E-state index is 13.4. The summed E-state index contributed by atoms with van der Waals surface area (Å²) in [6, 6.07) is 12.2. The van der Waals surface area contributed by atoms with Crippen molar-refractivity contribution in [3.63, 3.8) is 0 Å². The van der Waals surface area contributed by atoms with Gasteiger partial charge in [-0.2, -0.15) is 0 Å². The largest absolute Gasteiger partial charge is 0.372 e. The topological polar surface area (TPSA) is 3.24 Å². The van der Waals surface area contributed by atoms with Crippen molar-refractivity contribution in [3.8, 4) is 11.1 Å². The Hall–Kier alpha value is -1.90. The van der Waals surface area contributed by atoms with Crippen molar-refractivity contribution in [1.82, 2.24) is 0 Å². The van der Waals surface area contributed by atoms with Crippen molar-refractivity contribution in [2.75, 3.05) is 18.0 Å². The zero-order chi connectivity index (χ0) is 16.2. The van der Waals surface area contributed by atoms with Gasteiger partial charge in [0.2, 0.25) is 0 Å². The van der Waals surface area contributed by atoms with E-state index in [1.165, 1.54) is 43.5 Å². The highest BCUT2D eigenvalue weighted by Gasteiger charge is 2.18. The zero-order valence-corrected chi connectivity index (χ0v) is 13.6. The fourth-order valence-corrected chi connectivity index (χ4v) is 3.43. The van der Waals surface area contributed by atoms with Crippen LogP contribution in [0, 0.1) is 17.6 Å². The SMILES string of the molecule is CCCC1CCN(c2ccc(-c3ccc(F)c(F)c3)cc2)CC1. The Balaban J connectivity index is 1.69. The monoisotopic (exact) mass is 315 g/mol. The summed E-state index contributed by atoms with van der Waals surface area (Å²) >= 11 is 0. The molecule has 0 unspecified atom stereocenters. The summed E-state index contributed by atoms with van der Waals surface area (Å²) in [7, 11) is 0. The first-order valence-corrected chi connectivity index (χ1v) is 8.48. The Bertz CT molecular complexity index is 643. The number of hydrogen-bond acceptors (Lipinski definition) is 1. The molecule has 3 rings (SSSR count). The third-order valence-electron chi connectivity index (χ3n) is 4.80. The highest BCUT2D eigenvalue weighted by molar-refractivity contribution is 5.66. The van der Waals surface area contributed by atoms with E-state index in [1.807, 2.05) is 12.1 Å². The molecule has 0 N–H and O–H groups in total. The van der Waals surface area contributed by atoms with Gasteiger partial charge in [-0.1, -0.05) is 38.0 Å². The lowest BCUT2D eigenvalue weighted by Gasteiger charge is -2.33. The van der Waals surface area contributed by atoms with Gasteiger partial charge in [0.05, 0.1) is 0 Å². The van der Waals surface area contributed by atoms with E-state index in [0.717, 1.165) is 24.6 Å². The van der Waals surface area contributed by atoms with E-state index in [-0.39, 0.29) is 0 Å². The lowest BCUT2D eigenvalue weighted by atomic mass is 9.92. The van der Waals surface area contributed by atoms with Crippen LogP contribution in [0.15, 0.2) is 42.5 Å². The van der Waals surface area contributed by atoms with Gasteiger partial charge in [0.25, 0.3) is 0 Å². The number of hydrogen-bond donors (Lipinski definition) is 0. The molecule has 1 heterocycles. The molecular formula is C20H23F2N. The number of benzene rings is 2. The third kappa shape index (κ3) is 3.72. The van der Waals surface area contributed by atoms with Crippen molar-refractivity contribution in [2.45, 2.75) is 32.6 Å². The maximum Gasteiger partial charge on any atom is 0.159 e. The van der Waals surface area contributed by atoms with E-state index in [1.54, 1.807) is 6.07 Å². The van der Waals surface area contributed by atoms with Crippen molar-refractivity contribution in [3.05, 3.63) is 54.1 Å². The normalized spacial score (nSPS) is 15.9. The fraction of sp³-hybridized carbons (Fsp3) is 0.400. The zero-order valence-electron chi connectivity index (χ0n) is 13.6. The van der Waals surface area contributed by atoms with Crippen LogP contribution >= 0.6 is 0 Å². The standard InChI is InChI=1S/C20H23F2N/c1-2-3-15-10-12-23(13-11-15)18-7-4-16(5-8-18)17-6-9-19(21)20(22)14-17/h4-9,14-15H,2-3,10-13H2,1H3. The van der Waals surface area contributed by atoms with E-state index < -0.39 is 11.6 Å². The second kappa shape index (κ2) is 7.12. The molecule has 2 aromatic rings. The molecule has 1 aliphatic heterocycles. The number of halogens is 2. The van der Waals surface area contributed by atoms with Gasteiger partial charge < -0.3 is 4.90 Å². The summed E-state index contributed by atoms with van der Waals surface area (Å²) in [6.07, 6.45) is 5.13. The summed E-state index contributed by atoms with van der Waals surface area (Å²) in [4.78, 5) is 2.42. The first-order chi connectivity index (χ1) is 11.2. The molecule has 0 spiro atoms. The minimum absolute atomic E-state index is 0.706. The molecule has 1 fully saturated rings. The van der Waals surface area contributed by atoms with Crippen molar-refractivity contribution in [1.29, 1.82) is 0 Å². The molecule has 0 bridgehead atoms. The van der Waals surface area contributed by atoms with E-state index in [4.69, 9.17) is 0 Å². The molecule has 2 aromatic carbocycles. The highest BCUT2D eigenvalue weighted by atomic mass is 19.2. The van der Waals surface area contributed by atoms with Gasteiger partial charge in [0.15, 0.2) is 11.6 Å². The summed E-state index contributed by atoms with van der Waals surface area (Å²) in [5.74, 6) is -0.734. The summed E-state index contributed by atoms with van der Waals surface area (Å²) in [6.45, 7) is 4.47. The van der Waals surface area contributed by atoms with Crippen LogP contribution in [0.1, 0.15) is 32.6 Å². The minimum atomic E-state index is -0.805. The maximum atomic E-state index is 13.4. The van der Waals surface area contributed by atoms with Crippen LogP contribution in [0.4, 0.5) is 14.5 Å². The predicted molar refractivity (Wildman–Crippen MR) is 91.6 cm³/mol. The van der Waals surface area contributed by atoms with Gasteiger partial charge >= 0.3 is 0 Å². The van der Waals surface area contributed by atoms with Crippen molar-refractivity contribution < 1.29 is 8.78 Å². The van der Waals surface area contributed by atoms with Crippen LogP contribution in [-0.4, -0.2) is 13.1 Å². The van der Waals surface area contributed by atoms with E-state index in [0.29, 0.717) is 5.56 Å². The van der Waals surface area contributed by atoms with Gasteiger partial charge in [-0.3, -0.25) is 0 Å². The molecule has 0 atom stereocenters. The van der Waals surface area contributed by atoms with Crippen LogP contribution in [0.5, 0.6) is 0 Å². The van der Waals surface area contributed by atoms with Crippen LogP contribution in [0.25, 0.3) is 11.1 Å². The summed E-state index contributed by atoms with van der Waals surface area (Å²) < 4.78 is 26.4. The molecule has 0 aromatic heterocycles. The Morgan fingerprint density at radius 3 is 2.17 bits per heavy atom. The number of nitrogens with zero attached hydrogens (tertiary/aromatic N) is 1. The first kappa shape index (κ1) is 16.0. The summed E-state index contributed by atoms with van der Waals surface area (Å²) in [5.41, 5.74) is 2.83. The van der Waals surface area contributed by atoms with Crippen LogP contribution in [0.3, 0.4) is 0 Å². The van der Waals surface area contributed by atoms with E-state index in [9.17, 15) is 8.78 Å². The molecule has 1 nitrogen and oxygen atoms in total. The molecule has 0 aliphatic carbocycles. The Morgan fingerprint density at radius 1 is 0.913 bits per heavy atom. The Kier molecular flexibility index (Phi) is 4.94. The number of anilines is 1. The van der Waals surface area contributed by atoms with Crippen LogP contribution in [0.2, 0.25) is 0 Å². The molecule has 122 valence electrons. The smallest absolute Gasteiger partial charge is 0.159 e. The van der Waals surface area contributed by atoms with Gasteiger partial charge in [-0.15, -0.1) is 0 Å². The number of piperidine rings is 1. The van der Waals surface area contributed by atoms with Crippen molar-refractivity contribution in [2.24, 2.45) is 5.92 Å². The summed E-state index contributed by atoms with van der Waals surface area (Å²) in [5, 5.41) is 0. The minimum Gasteiger partial charge on any atom is -0.372 e. The number of rotatable bonds is 4. The highest BCUT2D eigenvalue weighted by Crippen LogP contribution is 2.28. The first-order valence-electron chi connectivity index (χ1n) is 8.48. The average molecular weight is 315 g/mol. The molecule has 0 saturated carbocycles. The van der Waals surface area contributed by atoms with Gasteiger partial charge in [0.1, 0.15) is 0 Å². The molecule has 23 heavy (non-hydrogen) atoms. The molecular weight excluding hydrogens is 292 g/mol. The molecule has 1 aliphatic rings. The third-order valence-corrected chi connectivity index (χ3v) is 4.80. The quantitative estimate of drug-likeness (QED) is 0.705. The fourth-order valence-electron chi connectivity index (χ4n) is 3.43. The molecule has 3 heteroatoms. The van der Waals surface area contributed by atoms with Crippen LogP contribution in [-0.2, 0) is 0 Å². The van der Waals surface area contributed by atoms with Crippen LogP contribution < -0.4 is 4.90 Å². The molecule has 1 saturated heterocycles. The lowest BCUT2D eigenvalue weighted by Crippen LogP contribution is -2.33. The lowest BCUT2D eigenvalue weighted by molar-refractivity contribution is 0.378. The average Bonchev–Trinajstić information content (AvgIpc) is 2.59. The van der Waals surface area contributed by atoms with E-state index >= 15 is 0 Å². The van der Waals surface area contributed by atoms with Gasteiger partial charge in [-0.25, -0.2) is 8.78 Å². The van der Waals surface area contributed by atoms with Gasteiger partial charge in [-0.05, 0) is 54.2 Å². The van der Waals surface area contributed by atoms with Gasteiger partial charge in [0, 0.05) is 18.8 Å². The predicted octanol–water partition coefficient (Wildman–Crippen LogP) is 5.65. The van der Waals surface area contributed by atoms with E-state index in [2.05, 4.69) is 24.0 Å². The Labute approximate surface area is 136 Å². The second-order valence-corrected chi connectivity index (χ2v) is 6.39. The molecule has 0 amide bonds. The second-order valence-electron chi connectivity index (χ2n) is 6.39. The Morgan fingerprint density at radius 2 is 1.57 bits per heavy atom. The van der Waals surface area contributed by atoms with Crippen molar-refractivity contribution >= 4 is 5.69 Å². The molecule has 0 radical (unpaired) electrons.